The van der Waals surface area contributed by atoms with E-state index >= 15 is 0 Å². The Morgan fingerprint density at radius 3 is 2.50 bits per heavy atom. The molecule has 24 heavy (non-hydrogen) atoms. The normalized spacial score (nSPS) is 10.6. The van der Waals surface area contributed by atoms with Gasteiger partial charge in [0.25, 0.3) is 5.91 Å². The minimum absolute atomic E-state index is 0.0983. The summed E-state index contributed by atoms with van der Waals surface area (Å²) in [5, 5.41) is 4.85. The summed E-state index contributed by atoms with van der Waals surface area (Å²) in [5.74, 6) is -0.0983. The number of benzene rings is 1. The summed E-state index contributed by atoms with van der Waals surface area (Å²) < 4.78 is 1.79. The van der Waals surface area contributed by atoms with Gasteiger partial charge in [-0.1, -0.05) is 23.9 Å². The van der Waals surface area contributed by atoms with E-state index in [1.165, 1.54) is 11.8 Å². The van der Waals surface area contributed by atoms with E-state index in [-0.39, 0.29) is 5.91 Å². The third-order valence-electron chi connectivity index (χ3n) is 3.53. The molecule has 2 aromatic heterocycles. The van der Waals surface area contributed by atoms with Crippen LogP contribution in [-0.4, -0.2) is 43.9 Å². The lowest BCUT2D eigenvalue weighted by Crippen LogP contribution is -2.26. The van der Waals surface area contributed by atoms with Gasteiger partial charge < -0.3 is 4.90 Å². The van der Waals surface area contributed by atoms with Crippen LogP contribution in [0.1, 0.15) is 15.9 Å². The van der Waals surface area contributed by atoms with Crippen LogP contribution in [0.15, 0.2) is 60.3 Å². The molecule has 6 nitrogen and oxygen atoms in total. The lowest BCUT2D eigenvalue weighted by Gasteiger charge is -2.17. The summed E-state index contributed by atoms with van der Waals surface area (Å²) in [6, 6.07) is 9.83. The topological polar surface area (TPSA) is 63.9 Å². The van der Waals surface area contributed by atoms with Crippen molar-refractivity contribution in [3.05, 3.63) is 66.2 Å². The number of nitrogens with zero attached hydrogens (tertiary/aromatic N) is 5. The van der Waals surface area contributed by atoms with E-state index in [0.29, 0.717) is 17.3 Å². The third-order valence-corrected chi connectivity index (χ3v) is 4.11. The molecular formula is C17H17N5OS. The van der Waals surface area contributed by atoms with Crippen LogP contribution in [0.2, 0.25) is 0 Å². The first-order chi connectivity index (χ1) is 11.7. The first kappa shape index (κ1) is 16.2. The van der Waals surface area contributed by atoms with Gasteiger partial charge in [0.1, 0.15) is 0 Å². The van der Waals surface area contributed by atoms with E-state index in [1.54, 1.807) is 35.2 Å². The summed E-state index contributed by atoms with van der Waals surface area (Å²) in [7, 11) is 1.77. The maximum absolute atomic E-state index is 12.4. The molecule has 0 radical (unpaired) electrons. The van der Waals surface area contributed by atoms with Crippen molar-refractivity contribution in [2.75, 3.05) is 13.3 Å². The van der Waals surface area contributed by atoms with E-state index in [4.69, 9.17) is 0 Å². The Hall–Kier alpha value is -2.67. The average Bonchev–Trinajstić information content (AvgIpc) is 3.16. The fraction of sp³-hybridized carbons (Fsp3) is 0.176. The standard InChI is InChI=1S/C17H17N5OS/c1-21(16(23)14-10-18-17(24-2)19-11-14)12-13-4-6-15(7-5-13)22-9-3-8-20-22/h3-11H,12H2,1-2H3. The number of thioether (sulfide) groups is 1. The molecule has 0 fully saturated rings. The van der Waals surface area contributed by atoms with Crippen LogP contribution in [0.25, 0.3) is 5.69 Å². The number of aromatic nitrogens is 4. The Balaban J connectivity index is 1.67. The van der Waals surface area contributed by atoms with Gasteiger partial charge in [-0.05, 0) is 30.0 Å². The van der Waals surface area contributed by atoms with Crippen molar-refractivity contribution in [1.29, 1.82) is 0 Å². The maximum atomic E-state index is 12.4. The summed E-state index contributed by atoms with van der Waals surface area (Å²) >= 11 is 1.45. The van der Waals surface area contributed by atoms with Gasteiger partial charge in [-0.25, -0.2) is 14.6 Å². The van der Waals surface area contributed by atoms with Crippen LogP contribution in [0.5, 0.6) is 0 Å². The number of hydrogen-bond donors (Lipinski definition) is 0. The molecule has 0 saturated heterocycles. The number of hydrogen-bond acceptors (Lipinski definition) is 5. The molecular weight excluding hydrogens is 322 g/mol. The van der Waals surface area contributed by atoms with Crippen molar-refractivity contribution in [2.24, 2.45) is 0 Å². The number of carbonyl (C=O) groups excluding carboxylic acids is 1. The molecule has 122 valence electrons. The molecule has 0 atom stereocenters. The second kappa shape index (κ2) is 7.27. The van der Waals surface area contributed by atoms with Crippen molar-refractivity contribution in [3.8, 4) is 5.69 Å². The third kappa shape index (κ3) is 3.62. The van der Waals surface area contributed by atoms with Crippen molar-refractivity contribution in [2.45, 2.75) is 11.7 Å². The fourth-order valence-electron chi connectivity index (χ4n) is 2.27. The Kier molecular flexibility index (Phi) is 4.90. The minimum Gasteiger partial charge on any atom is -0.337 e. The van der Waals surface area contributed by atoms with Gasteiger partial charge in [0.15, 0.2) is 5.16 Å². The lowest BCUT2D eigenvalue weighted by molar-refractivity contribution is 0.0784. The summed E-state index contributed by atoms with van der Waals surface area (Å²) in [4.78, 5) is 22.4. The van der Waals surface area contributed by atoms with Crippen molar-refractivity contribution < 1.29 is 4.79 Å². The van der Waals surface area contributed by atoms with Gasteiger partial charge >= 0.3 is 0 Å². The van der Waals surface area contributed by atoms with Gasteiger partial charge in [0.05, 0.1) is 11.3 Å². The molecule has 0 saturated carbocycles. The lowest BCUT2D eigenvalue weighted by atomic mass is 10.2. The molecule has 0 N–H and O–H groups in total. The molecule has 0 spiro atoms. The van der Waals surface area contributed by atoms with Gasteiger partial charge in [-0.15, -0.1) is 0 Å². The molecule has 0 aliphatic heterocycles. The Morgan fingerprint density at radius 2 is 1.92 bits per heavy atom. The molecule has 0 aliphatic carbocycles. The second-order valence-electron chi connectivity index (χ2n) is 5.24. The van der Waals surface area contributed by atoms with Crippen LogP contribution >= 0.6 is 11.8 Å². The van der Waals surface area contributed by atoms with Crippen LogP contribution < -0.4 is 0 Å². The quantitative estimate of drug-likeness (QED) is 0.528. The molecule has 1 amide bonds. The van der Waals surface area contributed by atoms with Crippen LogP contribution in [-0.2, 0) is 6.54 Å². The Bertz CT molecular complexity index is 800. The number of amides is 1. The van der Waals surface area contributed by atoms with Gasteiger partial charge in [-0.3, -0.25) is 4.79 Å². The van der Waals surface area contributed by atoms with Crippen molar-refractivity contribution in [1.82, 2.24) is 24.6 Å². The van der Waals surface area contributed by atoms with Crippen LogP contribution in [0.4, 0.5) is 0 Å². The Labute approximate surface area is 144 Å². The van der Waals surface area contributed by atoms with Gasteiger partial charge in [-0.2, -0.15) is 5.10 Å². The first-order valence-corrected chi connectivity index (χ1v) is 8.60. The predicted molar refractivity (Wildman–Crippen MR) is 93.2 cm³/mol. The van der Waals surface area contributed by atoms with E-state index in [2.05, 4.69) is 15.1 Å². The minimum atomic E-state index is -0.0983. The molecule has 3 aromatic rings. The summed E-state index contributed by atoms with van der Waals surface area (Å²) in [5.41, 5.74) is 2.52. The summed E-state index contributed by atoms with van der Waals surface area (Å²) in [6.07, 6.45) is 8.67. The zero-order valence-electron chi connectivity index (χ0n) is 13.5. The predicted octanol–water partition coefficient (Wildman–Crippen LogP) is 2.66. The molecule has 1 aromatic carbocycles. The fourth-order valence-corrected chi connectivity index (χ4v) is 2.59. The summed E-state index contributed by atoms with van der Waals surface area (Å²) in [6.45, 7) is 0.516. The van der Waals surface area contributed by atoms with E-state index in [1.807, 2.05) is 42.8 Å². The molecule has 0 bridgehead atoms. The first-order valence-electron chi connectivity index (χ1n) is 7.38. The maximum Gasteiger partial charge on any atom is 0.257 e. The smallest absolute Gasteiger partial charge is 0.257 e. The molecule has 0 unspecified atom stereocenters. The highest BCUT2D eigenvalue weighted by Crippen LogP contribution is 2.12. The van der Waals surface area contributed by atoms with Crippen molar-refractivity contribution in [3.63, 3.8) is 0 Å². The molecule has 2 heterocycles. The number of carbonyl (C=O) groups is 1. The zero-order chi connectivity index (χ0) is 16.9. The number of rotatable bonds is 5. The molecule has 3 rings (SSSR count). The second-order valence-corrected chi connectivity index (χ2v) is 6.01. The zero-order valence-corrected chi connectivity index (χ0v) is 14.3. The highest BCUT2D eigenvalue weighted by molar-refractivity contribution is 7.98. The molecule has 7 heteroatoms. The van der Waals surface area contributed by atoms with E-state index < -0.39 is 0 Å². The molecule has 0 aliphatic rings. The highest BCUT2D eigenvalue weighted by Gasteiger charge is 2.13. The van der Waals surface area contributed by atoms with E-state index in [9.17, 15) is 4.79 Å². The van der Waals surface area contributed by atoms with Crippen molar-refractivity contribution >= 4 is 17.7 Å². The van der Waals surface area contributed by atoms with Gasteiger partial charge in [0, 0.05) is 38.4 Å². The largest absolute Gasteiger partial charge is 0.337 e. The SMILES string of the molecule is CSc1ncc(C(=O)N(C)Cc2ccc(-n3cccn3)cc2)cn1. The monoisotopic (exact) mass is 339 g/mol. The Morgan fingerprint density at radius 1 is 1.21 bits per heavy atom. The van der Waals surface area contributed by atoms with Crippen LogP contribution in [0, 0.1) is 0 Å². The highest BCUT2D eigenvalue weighted by atomic mass is 32.2. The van der Waals surface area contributed by atoms with Gasteiger partial charge in [0.2, 0.25) is 0 Å². The van der Waals surface area contributed by atoms with Crippen LogP contribution in [0.3, 0.4) is 0 Å². The average molecular weight is 339 g/mol. The van der Waals surface area contributed by atoms with E-state index in [0.717, 1.165) is 11.3 Å².